The second kappa shape index (κ2) is 6.41. The van der Waals surface area contributed by atoms with Crippen molar-refractivity contribution in [1.29, 1.82) is 0 Å². The number of hydrogen-bond acceptors (Lipinski definition) is 4. The molecule has 0 saturated heterocycles. The molecule has 0 spiro atoms. The smallest absolute Gasteiger partial charge is 0.294 e. The number of amides is 1. The average molecular weight is 295 g/mol. The molecule has 0 aliphatic carbocycles. The number of anilines is 1. The van der Waals surface area contributed by atoms with Gasteiger partial charge >= 0.3 is 0 Å². The molecular formula is C17H17N3O2. The van der Waals surface area contributed by atoms with E-state index in [-0.39, 0.29) is 11.7 Å². The van der Waals surface area contributed by atoms with Gasteiger partial charge in [0, 0.05) is 18.8 Å². The van der Waals surface area contributed by atoms with Crippen LogP contribution in [0.2, 0.25) is 0 Å². The lowest BCUT2D eigenvalue weighted by Crippen LogP contribution is -2.38. The normalized spacial score (nSPS) is 15.6. The van der Waals surface area contributed by atoms with Gasteiger partial charge in [0.05, 0.1) is 11.4 Å². The Labute approximate surface area is 129 Å². The number of fused-ring (bicyclic) bond motifs is 1. The maximum Gasteiger partial charge on any atom is 0.294 e. The minimum absolute atomic E-state index is 0.169. The van der Waals surface area contributed by atoms with Gasteiger partial charge in [0.25, 0.3) is 5.91 Å². The summed E-state index contributed by atoms with van der Waals surface area (Å²) in [7, 11) is 0. The fourth-order valence-corrected chi connectivity index (χ4v) is 2.33. The van der Waals surface area contributed by atoms with Gasteiger partial charge < -0.3 is 15.4 Å². The quantitative estimate of drug-likeness (QED) is 0.878. The van der Waals surface area contributed by atoms with Gasteiger partial charge in [-0.25, -0.2) is 0 Å². The summed E-state index contributed by atoms with van der Waals surface area (Å²) in [6.07, 6.45) is 4.07. The highest BCUT2D eigenvalue weighted by Crippen LogP contribution is 2.35. The van der Waals surface area contributed by atoms with Crippen LogP contribution in [0.4, 0.5) is 5.69 Å². The molecule has 0 radical (unpaired) electrons. The Balaban J connectivity index is 1.98. The van der Waals surface area contributed by atoms with Crippen molar-refractivity contribution in [2.45, 2.75) is 6.42 Å². The van der Waals surface area contributed by atoms with Crippen LogP contribution in [0.25, 0.3) is 6.08 Å². The number of carbonyl (C=O) groups is 1. The summed E-state index contributed by atoms with van der Waals surface area (Å²) in [4.78, 5) is 18.6. The van der Waals surface area contributed by atoms with Crippen molar-refractivity contribution in [3.63, 3.8) is 0 Å². The number of carbonyl (C=O) groups excluding carboxylic acids is 1. The molecule has 0 atom stereocenters. The van der Waals surface area contributed by atoms with E-state index in [0.717, 1.165) is 12.1 Å². The van der Waals surface area contributed by atoms with E-state index >= 15 is 0 Å². The van der Waals surface area contributed by atoms with Crippen molar-refractivity contribution < 1.29 is 9.53 Å². The molecule has 1 aliphatic heterocycles. The van der Waals surface area contributed by atoms with Crippen LogP contribution in [-0.4, -0.2) is 24.0 Å². The molecule has 2 heterocycles. The topological polar surface area (TPSA) is 68.5 Å². The number of para-hydroxylation sites is 2. The van der Waals surface area contributed by atoms with Crippen LogP contribution in [0.3, 0.4) is 0 Å². The number of ether oxygens (including phenoxy) is 1. The van der Waals surface area contributed by atoms with E-state index in [4.69, 9.17) is 10.5 Å². The van der Waals surface area contributed by atoms with Crippen LogP contribution in [0.1, 0.15) is 12.1 Å². The lowest BCUT2D eigenvalue weighted by atomic mass is 10.2. The lowest BCUT2D eigenvalue weighted by molar-refractivity contribution is -0.117. The summed E-state index contributed by atoms with van der Waals surface area (Å²) in [6, 6.07) is 13.0. The van der Waals surface area contributed by atoms with Gasteiger partial charge in [0.1, 0.15) is 0 Å². The Morgan fingerprint density at radius 1 is 1.18 bits per heavy atom. The molecule has 1 amide bonds. The summed E-state index contributed by atoms with van der Waals surface area (Å²) < 4.78 is 5.76. The highest BCUT2D eigenvalue weighted by atomic mass is 16.5. The molecule has 0 saturated carbocycles. The van der Waals surface area contributed by atoms with Crippen LogP contribution >= 0.6 is 0 Å². The molecule has 1 aromatic heterocycles. The SMILES string of the molecule is NCCCN1C(=O)/C(=C\c2ccccn2)Oc2ccccc21. The van der Waals surface area contributed by atoms with E-state index < -0.39 is 0 Å². The molecule has 1 aromatic carbocycles. The largest absolute Gasteiger partial charge is 0.449 e. The van der Waals surface area contributed by atoms with Crippen molar-refractivity contribution in [3.05, 3.63) is 60.1 Å². The van der Waals surface area contributed by atoms with Crippen LogP contribution in [-0.2, 0) is 4.79 Å². The summed E-state index contributed by atoms with van der Waals surface area (Å²) >= 11 is 0. The molecular weight excluding hydrogens is 278 g/mol. The number of nitrogens with zero attached hydrogens (tertiary/aromatic N) is 2. The minimum Gasteiger partial charge on any atom is -0.449 e. The van der Waals surface area contributed by atoms with Crippen molar-refractivity contribution >= 4 is 17.7 Å². The third-order valence-corrected chi connectivity index (χ3v) is 3.38. The van der Waals surface area contributed by atoms with Crippen molar-refractivity contribution in [1.82, 2.24) is 4.98 Å². The number of aromatic nitrogens is 1. The summed E-state index contributed by atoms with van der Waals surface area (Å²) in [6.45, 7) is 1.10. The molecule has 0 bridgehead atoms. The van der Waals surface area contributed by atoms with Gasteiger partial charge in [-0.15, -0.1) is 0 Å². The first-order valence-electron chi connectivity index (χ1n) is 7.21. The zero-order valence-corrected chi connectivity index (χ0v) is 12.1. The van der Waals surface area contributed by atoms with Crippen molar-refractivity contribution in [2.24, 2.45) is 5.73 Å². The molecule has 3 rings (SSSR count). The van der Waals surface area contributed by atoms with Gasteiger partial charge in [-0.2, -0.15) is 0 Å². The molecule has 22 heavy (non-hydrogen) atoms. The van der Waals surface area contributed by atoms with Gasteiger partial charge in [-0.3, -0.25) is 9.78 Å². The first kappa shape index (κ1) is 14.3. The van der Waals surface area contributed by atoms with Crippen molar-refractivity contribution in [2.75, 3.05) is 18.0 Å². The first-order chi connectivity index (χ1) is 10.8. The molecule has 5 nitrogen and oxygen atoms in total. The second-order valence-corrected chi connectivity index (χ2v) is 4.93. The molecule has 0 unspecified atom stereocenters. The molecule has 5 heteroatoms. The van der Waals surface area contributed by atoms with E-state index in [0.29, 0.717) is 24.5 Å². The molecule has 2 N–H and O–H groups in total. The van der Waals surface area contributed by atoms with Crippen LogP contribution in [0, 0.1) is 0 Å². The van der Waals surface area contributed by atoms with E-state index in [1.165, 1.54) is 0 Å². The van der Waals surface area contributed by atoms with Crippen molar-refractivity contribution in [3.8, 4) is 5.75 Å². The van der Waals surface area contributed by atoms with Crippen LogP contribution in [0.15, 0.2) is 54.4 Å². The number of rotatable bonds is 4. The van der Waals surface area contributed by atoms with Gasteiger partial charge in [-0.1, -0.05) is 18.2 Å². The van der Waals surface area contributed by atoms with E-state index in [1.807, 2.05) is 42.5 Å². The fraction of sp³-hybridized carbons (Fsp3) is 0.176. The number of hydrogen-bond donors (Lipinski definition) is 1. The highest BCUT2D eigenvalue weighted by molar-refractivity contribution is 6.09. The average Bonchev–Trinajstić information content (AvgIpc) is 2.56. The van der Waals surface area contributed by atoms with E-state index in [2.05, 4.69) is 4.98 Å². The maximum atomic E-state index is 12.7. The molecule has 1 aliphatic rings. The standard InChI is InChI=1S/C17H17N3O2/c18-9-5-11-20-14-7-1-2-8-15(14)22-16(17(20)21)12-13-6-3-4-10-19-13/h1-4,6-8,10,12H,5,9,11,18H2/b16-12+. The predicted octanol–water partition coefficient (Wildman–Crippen LogP) is 2.20. The van der Waals surface area contributed by atoms with Crippen LogP contribution < -0.4 is 15.4 Å². The summed E-state index contributed by atoms with van der Waals surface area (Å²) in [5.74, 6) is 0.772. The minimum atomic E-state index is -0.169. The summed E-state index contributed by atoms with van der Waals surface area (Å²) in [5, 5.41) is 0. The Hall–Kier alpha value is -2.66. The monoisotopic (exact) mass is 295 g/mol. The van der Waals surface area contributed by atoms with Gasteiger partial charge in [0.15, 0.2) is 11.5 Å². The molecule has 2 aromatic rings. The van der Waals surface area contributed by atoms with Crippen LogP contribution in [0.5, 0.6) is 5.75 Å². The highest BCUT2D eigenvalue weighted by Gasteiger charge is 2.29. The third kappa shape index (κ3) is 2.84. The van der Waals surface area contributed by atoms with Gasteiger partial charge in [0.2, 0.25) is 0 Å². The zero-order valence-electron chi connectivity index (χ0n) is 12.1. The van der Waals surface area contributed by atoms with E-state index in [9.17, 15) is 4.79 Å². The fourth-order valence-electron chi connectivity index (χ4n) is 2.33. The van der Waals surface area contributed by atoms with Gasteiger partial charge in [-0.05, 0) is 37.2 Å². The number of pyridine rings is 1. The molecule has 0 fully saturated rings. The number of nitrogens with two attached hydrogens (primary N) is 1. The lowest BCUT2D eigenvalue weighted by Gasteiger charge is -2.30. The zero-order chi connectivity index (χ0) is 15.4. The first-order valence-corrected chi connectivity index (χ1v) is 7.21. The summed E-state index contributed by atoms with van der Waals surface area (Å²) in [5.41, 5.74) is 7.04. The Bertz CT molecular complexity index is 698. The Kier molecular flexibility index (Phi) is 4.16. The second-order valence-electron chi connectivity index (χ2n) is 4.93. The van der Waals surface area contributed by atoms with E-state index in [1.54, 1.807) is 17.2 Å². The Morgan fingerprint density at radius 2 is 2.00 bits per heavy atom. The number of benzene rings is 1. The predicted molar refractivity (Wildman–Crippen MR) is 85.3 cm³/mol. The molecule has 112 valence electrons. The Morgan fingerprint density at radius 3 is 2.77 bits per heavy atom. The third-order valence-electron chi connectivity index (χ3n) is 3.38. The maximum absolute atomic E-state index is 12.7.